The molecule has 0 radical (unpaired) electrons. The Hall–Kier alpha value is -3.19. The summed E-state index contributed by atoms with van der Waals surface area (Å²) in [5, 5.41) is 4.44. The van der Waals surface area contributed by atoms with Crippen molar-refractivity contribution in [3.05, 3.63) is 71.2 Å². The van der Waals surface area contributed by atoms with Crippen molar-refractivity contribution in [1.29, 1.82) is 0 Å². The maximum atomic E-state index is 14.8. The molecule has 3 aromatic heterocycles. The van der Waals surface area contributed by atoms with Crippen LogP contribution in [0.4, 0.5) is 4.39 Å². The van der Waals surface area contributed by atoms with Gasteiger partial charge >= 0.3 is 0 Å². The monoisotopic (exact) mass is 421 g/mol. The highest BCUT2D eigenvalue weighted by molar-refractivity contribution is 5.71. The molecule has 3 heterocycles. The number of hydrogen-bond acceptors (Lipinski definition) is 4. The predicted molar refractivity (Wildman–Crippen MR) is 120 cm³/mol. The van der Waals surface area contributed by atoms with Gasteiger partial charge in [0.15, 0.2) is 11.6 Å². The number of nitrogens with two attached hydrogens (primary N) is 1. The Morgan fingerprint density at radius 3 is 2.77 bits per heavy atom. The number of pyridine rings is 1. The van der Waals surface area contributed by atoms with E-state index in [0.29, 0.717) is 19.6 Å². The van der Waals surface area contributed by atoms with Crippen LogP contribution in [0, 0.1) is 12.7 Å². The Morgan fingerprint density at radius 1 is 1.16 bits per heavy atom. The average molecular weight is 422 g/mol. The summed E-state index contributed by atoms with van der Waals surface area (Å²) in [6.45, 7) is 4.85. The Kier molecular flexibility index (Phi) is 6.04. The quantitative estimate of drug-likeness (QED) is 0.463. The number of ether oxygens (including phenoxy) is 1. The van der Waals surface area contributed by atoms with Crippen LogP contribution in [0.25, 0.3) is 16.8 Å². The molecule has 0 aliphatic heterocycles. The van der Waals surface area contributed by atoms with E-state index in [9.17, 15) is 4.39 Å². The Bertz CT molecular complexity index is 1210. The molecule has 0 saturated carbocycles. The van der Waals surface area contributed by atoms with Crippen LogP contribution in [0.1, 0.15) is 36.0 Å². The van der Waals surface area contributed by atoms with Crippen molar-refractivity contribution >= 4 is 5.65 Å². The number of imidazole rings is 1. The number of aromatic nitrogens is 4. The molecule has 0 aliphatic rings. The molecular formula is C24H28FN5O. The Balaban J connectivity index is 1.62. The van der Waals surface area contributed by atoms with Crippen molar-refractivity contribution in [1.82, 2.24) is 19.2 Å². The van der Waals surface area contributed by atoms with Gasteiger partial charge in [0.2, 0.25) is 0 Å². The summed E-state index contributed by atoms with van der Waals surface area (Å²) in [5.74, 6) is -0.117. The average Bonchev–Trinajstić information content (AvgIpc) is 3.30. The van der Waals surface area contributed by atoms with E-state index in [0.717, 1.165) is 52.3 Å². The van der Waals surface area contributed by atoms with Gasteiger partial charge in [-0.2, -0.15) is 5.10 Å². The van der Waals surface area contributed by atoms with Crippen LogP contribution in [0.15, 0.2) is 42.7 Å². The molecule has 0 fully saturated rings. The number of halogens is 1. The molecule has 0 amide bonds. The topological polar surface area (TPSA) is 70.4 Å². The molecule has 2 N–H and O–H groups in total. The van der Waals surface area contributed by atoms with E-state index < -0.39 is 0 Å². The van der Waals surface area contributed by atoms with E-state index in [4.69, 9.17) is 10.5 Å². The summed E-state index contributed by atoms with van der Waals surface area (Å²) < 4.78 is 24.6. The van der Waals surface area contributed by atoms with E-state index in [-0.39, 0.29) is 11.6 Å². The van der Waals surface area contributed by atoms with Crippen molar-refractivity contribution < 1.29 is 9.13 Å². The largest absolute Gasteiger partial charge is 0.490 e. The van der Waals surface area contributed by atoms with Gasteiger partial charge in [-0.25, -0.2) is 9.37 Å². The van der Waals surface area contributed by atoms with Crippen LogP contribution >= 0.6 is 0 Å². The smallest absolute Gasteiger partial charge is 0.165 e. The number of hydrogen-bond donors (Lipinski definition) is 1. The van der Waals surface area contributed by atoms with Gasteiger partial charge in [0.05, 0.1) is 12.3 Å². The fraction of sp³-hybridized carbons (Fsp3) is 0.333. The predicted octanol–water partition coefficient (Wildman–Crippen LogP) is 4.22. The second-order valence-electron chi connectivity index (χ2n) is 7.70. The van der Waals surface area contributed by atoms with Crippen molar-refractivity contribution in [2.75, 3.05) is 6.61 Å². The molecule has 0 aliphatic carbocycles. The van der Waals surface area contributed by atoms with E-state index in [2.05, 4.69) is 21.4 Å². The SMILES string of the molecule is CCCc1cnc2ccc(-c3cccc(F)c3OCCc3c(CN)nn(C)c3C)cn12. The zero-order valence-corrected chi connectivity index (χ0v) is 18.2. The summed E-state index contributed by atoms with van der Waals surface area (Å²) >= 11 is 0. The van der Waals surface area contributed by atoms with Crippen LogP contribution in [0.5, 0.6) is 5.75 Å². The van der Waals surface area contributed by atoms with Gasteiger partial charge in [0.25, 0.3) is 0 Å². The summed E-state index contributed by atoms with van der Waals surface area (Å²) in [5.41, 5.74) is 12.4. The van der Waals surface area contributed by atoms with Gasteiger partial charge in [-0.1, -0.05) is 25.5 Å². The molecule has 4 rings (SSSR count). The maximum absolute atomic E-state index is 14.8. The first-order chi connectivity index (χ1) is 15.0. The van der Waals surface area contributed by atoms with Crippen LogP contribution < -0.4 is 10.5 Å². The standard InChI is InChI=1S/C24H28FN5O/c1-4-6-18-14-27-23-10-9-17(15-30(18)23)20-7-5-8-21(25)24(20)31-12-11-19-16(2)29(3)28-22(19)13-26/h5,7-10,14-15H,4,6,11-13,26H2,1-3H3. The first kappa shape index (κ1) is 21.1. The van der Waals surface area contributed by atoms with Gasteiger partial charge in [-0.05, 0) is 31.5 Å². The lowest BCUT2D eigenvalue weighted by atomic mass is 10.1. The lowest BCUT2D eigenvalue weighted by Gasteiger charge is -2.14. The molecule has 4 aromatic rings. The van der Waals surface area contributed by atoms with Crippen molar-refractivity contribution in [3.8, 4) is 16.9 Å². The van der Waals surface area contributed by atoms with Crippen LogP contribution in [0.2, 0.25) is 0 Å². The fourth-order valence-corrected chi connectivity index (χ4v) is 3.98. The van der Waals surface area contributed by atoms with E-state index in [1.54, 1.807) is 6.07 Å². The second-order valence-corrected chi connectivity index (χ2v) is 7.70. The van der Waals surface area contributed by atoms with Crippen LogP contribution in [-0.2, 0) is 26.4 Å². The van der Waals surface area contributed by atoms with Crippen LogP contribution in [-0.4, -0.2) is 25.8 Å². The first-order valence-corrected chi connectivity index (χ1v) is 10.6. The highest BCUT2D eigenvalue weighted by Crippen LogP contribution is 2.33. The third-order valence-electron chi connectivity index (χ3n) is 5.70. The number of rotatable bonds is 8. The van der Waals surface area contributed by atoms with Gasteiger partial charge in [-0.15, -0.1) is 0 Å². The van der Waals surface area contributed by atoms with E-state index in [1.807, 2.05) is 49.2 Å². The Morgan fingerprint density at radius 2 is 2.00 bits per heavy atom. The minimum absolute atomic E-state index is 0.259. The summed E-state index contributed by atoms with van der Waals surface area (Å²) in [6, 6.07) is 8.93. The Labute approximate surface area is 181 Å². The number of aryl methyl sites for hydroxylation is 2. The zero-order valence-electron chi connectivity index (χ0n) is 18.2. The van der Waals surface area contributed by atoms with E-state index >= 15 is 0 Å². The normalized spacial score (nSPS) is 11.4. The molecule has 1 aromatic carbocycles. The molecule has 0 saturated heterocycles. The number of nitrogens with zero attached hydrogens (tertiary/aromatic N) is 4. The molecule has 0 atom stereocenters. The third kappa shape index (κ3) is 4.05. The number of fused-ring (bicyclic) bond motifs is 1. The second kappa shape index (κ2) is 8.89. The van der Waals surface area contributed by atoms with Gasteiger partial charge < -0.3 is 14.9 Å². The number of benzene rings is 1. The highest BCUT2D eigenvalue weighted by atomic mass is 19.1. The maximum Gasteiger partial charge on any atom is 0.165 e. The first-order valence-electron chi connectivity index (χ1n) is 10.6. The van der Waals surface area contributed by atoms with Gasteiger partial charge in [0, 0.05) is 60.5 Å². The van der Waals surface area contributed by atoms with Crippen LogP contribution in [0.3, 0.4) is 0 Å². The molecule has 0 bridgehead atoms. The molecule has 0 unspecified atom stereocenters. The summed E-state index contributed by atoms with van der Waals surface area (Å²) in [6.07, 6.45) is 6.49. The highest BCUT2D eigenvalue weighted by Gasteiger charge is 2.16. The molecule has 162 valence electrons. The lowest BCUT2D eigenvalue weighted by molar-refractivity contribution is 0.306. The van der Waals surface area contributed by atoms with Gasteiger partial charge in [-0.3, -0.25) is 4.68 Å². The lowest BCUT2D eigenvalue weighted by Crippen LogP contribution is -2.08. The van der Waals surface area contributed by atoms with Crippen molar-refractivity contribution in [2.24, 2.45) is 12.8 Å². The summed E-state index contributed by atoms with van der Waals surface area (Å²) in [4.78, 5) is 4.46. The molecule has 31 heavy (non-hydrogen) atoms. The molecule has 6 nitrogen and oxygen atoms in total. The fourth-order valence-electron chi connectivity index (χ4n) is 3.98. The minimum Gasteiger partial charge on any atom is -0.490 e. The third-order valence-corrected chi connectivity index (χ3v) is 5.70. The minimum atomic E-state index is -0.376. The van der Waals surface area contributed by atoms with E-state index in [1.165, 1.54) is 6.07 Å². The summed E-state index contributed by atoms with van der Waals surface area (Å²) in [7, 11) is 1.90. The van der Waals surface area contributed by atoms with Gasteiger partial charge in [0.1, 0.15) is 5.65 Å². The molecule has 7 heteroatoms. The van der Waals surface area contributed by atoms with Crippen molar-refractivity contribution in [2.45, 2.75) is 39.7 Å². The molecular weight excluding hydrogens is 393 g/mol. The van der Waals surface area contributed by atoms with Crippen molar-refractivity contribution in [3.63, 3.8) is 0 Å². The molecule has 0 spiro atoms. The zero-order chi connectivity index (χ0) is 22.0. The number of para-hydroxylation sites is 1.